The molecule has 0 aromatic heterocycles. The van der Waals surface area contributed by atoms with Crippen LogP contribution in [0.1, 0.15) is 121 Å². The van der Waals surface area contributed by atoms with Crippen molar-refractivity contribution in [3.8, 4) is 22.3 Å². The number of ether oxygens (including phenoxy) is 3. The first-order valence-electron chi connectivity index (χ1n) is 44.4. The Morgan fingerprint density at radius 3 is 0.654 bits per heavy atom. The van der Waals surface area contributed by atoms with Gasteiger partial charge in [-0.15, -0.1) is 0 Å². The summed E-state index contributed by atoms with van der Waals surface area (Å²) in [7, 11) is -2.38. The Bertz CT molecular complexity index is 6010. The Hall–Kier alpha value is -10.6. The third-order valence-electron chi connectivity index (χ3n) is 25.8. The molecule has 2 saturated heterocycles. The molecule has 0 aliphatic carbocycles. The van der Waals surface area contributed by atoms with E-state index in [-0.39, 0.29) is 24.0 Å². The second kappa shape index (κ2) is 35.8. The minimum absolute atomic E-state index is 0. The summed E-state index contributed by atoms with van der Waals surface area (Å²) < 4.78 is 44.4. The molecule has 19 heteroatoms. The van der Waals surface area contributed by atoms with Gasteiger partial charge >= 0.3 is 21.4 Å². The van der Waals surface area contributed by atoms with Crippen molar-refractivity contribution in [2.24, 2.45) is 15.0 Å². The molecule has 12 nitrogen and oxygen atoms in total. The van der Waals surface area contributed by atoms with E-state index in [1.54, 1.807) is 0 Å². The zero-order valence-electron chi connectivity index (χ0n) is 76.5. The molecule has 0 unspecified atom stereocenters. The van der Waals surface area contributed by atoms with Gasteiger partial charge in [-0.3, -0.25) is 0 Å². The van der Waals surface area contributed by atoms with Gasteiger partial charge in [-0.25, -0.2) is 15.0 Å². The number of fused-ring (bicyclic) bond motifs is 8. The van der Waals surface area contributed by atoms with Gasteiger partial charge in [0.05, 0.1) is 39.0 Å². The van der Waals surface area contributed by atoms with Crippen LogP contribution in [0.25, 0.3) is 108 Å². The molecule has 2 N–H and O–H groups in total. The molecule has 0 radical (unpaired) electrons. The average Bonchev–Trinajstić information content (AvgIpc) is 1.43. The van der Waals surface area contributed by atoms with Gasteiger partial charge in [0.25, 0.3) is 0 Å². The van der Waals surface area contributed by atoms with Gasteiger partial charge in [-0.1, -0.05) is 299 Å². The normalized spacial score (nSPS) is 16.9. The van der Waals surface area contributed by atoms with Crippen LogP contribution in [0.3, 0.4) is 0 Å². The van der Waals surface area contributed by atoms with E-state index in [9.17, 15) is 10.0 Å². The van der Waals surface area contributed by atoms with E-state index in [1.807, 2.05) is 60.7 Å². The topological polar surface area (TPSA) is 142 Å². The smallest absolute Gasteiger partial charge is 0.475 e. The zero-order valence-corrected chi connectivity index (χ0v) is 78.0. The van der Waals surface area contributed by atoms with Crippen molar-refractivity contribution >= 4 is 194 Å². The number of hydrogen-bond acceptors (Lipinski definition) is 12. The van der Waals surface area contributed by atoms with E-state index in [1.165, 1.54) is 81.7 Å². The summed E-state index contributed by atoms with van der Waals surface area (Å²) >= 11 is 3.40. The van der Waals surface area contributed by atoms with Crippen molar-refractivity contribution in [3.05, 3.63) is 288 Å². The van der Waals surface area contributed by atoms with E-state index in [0.29, 0.717) is 45.4 Å². The van der Waals surface area contributed by atoms with Crippen molar-refractivity contribution in [1.82, 2.24) is 0 Å². The number of halogens is 1. The maximum Gasteiger partial charge on any atom is 0.496 e. The largest absolute Gasteiger partial charge is 0.496 e. The van der Waals surface area contributed by atoms with Crippen LogP contribution in [0.5, 0.6) is 0 Å². The van der Waals surface area contributed by atoms with Gasteiger partial charge in [0.1, 0.15) is 19.8 Å². The summed E-state index contributed by atoms with van der Waals surface area (Å²) in [5.41, 5.74) is 12.8. The first-order valence-corrected chi connectivity index (χ1v) is 45.2. The van der Waals surface area contributed by atoms with Crippen LogP contribution < -0.4 is 32.8 Å². The Morgan fingerprint density at radius 2 is 0.457 bits per heavy atom. The molecule has 2 fully saturated rings. The lowest BCUT2D eigenvalue weighted by molar-refractivity contribution is 0.00578. The second-order valence-electron chi connectivity index (χ2n) is 38.8. The molecular weight excluding hydrogens is 1630 g/mol. The molecule has 0 spiro atoms. The molecule has 15 aromatic rings. The van der Waals surface area contributed by atoms with Gasteiger partial charge in [0, 0.05) is 21.2 Å². The first-order chi connectivity index (χ1) is 59.9. The Morgan fingerprint density at radius 1 is 0.268 bits per heavy atom. The van der Waals surface area contributed by atoms with Crippen molar-refractivity contribution in [2.45, 2.75) is 184 Å². The lowest BCUT2D eigenvalue weighted by Gasteiger charge is -2.32. The lowest BCUT2D eigenvalue weighted by atomic mass is 9.44. The van der Waals surface area contributed by atoms with Crippen molar-refractivity contribution in [3.63, 3.8) is 0 Å². The van der Waals surface area contributed by atoms with Gasteiger partial charge in [0.2, 0.25) is 17.7 Å². The third-order valence-corrected chi connectivity index (χ3v) is 26.3. The summed E-state index contributed by atoms with van der Waals surface area (Å²) in [5.74, 6) is 2.20. The second-order valence-corrected chi connectivity index (χ2v) is 39.7. The molecule has 0 amide bonds. The predicted molar refractivity (Wildman–Crippen MR) is 550 cm³/mol. The quantitative estimate of drug-likeness (QED) is 0.0956. The fourth-order valence-electron chi connectivity index (χ4n) is 18.3. The van der Waals surface area contributed by atoms with Crippen LogP contribution in [-0.4, -0.2) is 128 Å². The van der Waals surface area contributed by atoms with Crippen LogP contribution >= 0.6 is 15.9 Å². The molecule has 15 aromatic carbocycles. The summed E-state index contributed by atoms with van der Waals surface area (Å²) in [6, 6.07) is 93.3. The molecule has 0 saturated carbocycles. The summed E-state index contributed by atoms with van der Waals surface area (Å²) in [4.78, 5) is 14.0. The number of hydrogen-bond donors (Lipinski definition) is 2. The molecule has 0 atom stereocenters. The highest BCUT2D eigenvalue weighted by Crippen LogP contribution is 2.46. The predicted octanol–water partition coefficient (Wildman–Crippen LogP) is 22.2. The highest BCUT2D eigenvalue weighted by Gasteiger charge is 2.55. The Labute approximate surface area is 761 Å². The standard InChI is InChI=1S/C36H32N2O2.C26H32B2O4.C18H20B2.C16H16B2O2.C11H12BrNO.CH4/c1-35(2)21-39-33(37-35)25-17-13-23(14-18-25)31-27-9-5-7-11-29(27)32(30-12-8-6-10-28(30)31)24-15-19-26(20-16-24)34-38-36(3,4)22-40-34;1-23(2)24(3,4)30-27(29-23)21-17-13-9-11-15-19(17)22(20-16-12-10-14-18(20)21)28-31-25(5,6)26(7,8)32-28;1-19(2)17-13-9-5-7-11-15(13)18(20(3)4)16-12-8-6-10-14(16)17;1-17(2)15-11-7-3-5-9-13(11)16(18(19)20)14-10-6-4-8-12(14)15;1-11(2)7-14-10(13-11)8-3-5-9(12)6-4-8;/h5-20H,21-22H2,1-4H3;9-16H,1-8H3;5-12H,1-4H3;3-10,19-20H,1-2H3;3-6H,7H2,1-2H3;1H4. The highest BCUT2D eigenvalue weighted by molar-refractivity contribution is 9.10. The van der Waals surface area contributed by atoms with Crippen LogP contribution in [-0.2, 0) is 32.8 Å². The van der Waals surface area contributed by atoms with Crippen LogP contribution in [0.4, 0.5) is 0 Å². The lowest BCUT2D eigenvalue weighted by Crippen LogP contribution is -2.41. The highest BCUT2D eigenvalue weighted by atomic mass is 79.9. The average molecular weight is 1740 g/mol. The maximum absolute atomic E-state index is 9.80. The van der Waals surface area contributed by atoms with E-state index >= 15 is 0 Å². The van der Waals surface area contributed by atoms with Crippen molar-refractivity contribution < 1.29 is 42.9 Å². The molecule has 5 aliphatic rings. The maximum atomic E-state index is 9.80. The molecule has 642 valence electrons. The molecule has 5 aliphatic heterocycles. The summed E-state index contributed by atoms with van der Waals surface area (Å²) in [6.07, 6.45) is 0. The molecule has 127 heavy (non-hydrogen) atoms. The van der Waals surface area contributed by atoms with Gasteiger partial charge in [-0.05, 0) is 270 Å². The summed E-state index contributed by atoms with van der Waals surface area (Å²) in [5, 5.41) is 38.7. The van der Waals surface area contributed by atoms with Crippen LogP contribution in [0.15, 0.2) is 286 Å². The molecule has 20 rings (SSSR count). The van der Waals surface area contributed by atoms with E-state index < -0.39 is 43.8 Å². The van der Waals surface area contributed by atoms with Crippen molar-refractivity contribution in [1.29, 1.82) is 0 Å². The minimum atomic E-state index is -1.47. The van der Waals surface area contributed by atoms with Gasteiger partial charge < -0.3 is 42.9 Å². The van der Waals surface area contributed by atoms with E-state index in [0.717, 1.165) is 92.9 Å². The number of rotatable bonds is 11. The first kappa shape index (κ1) is 91.2. The van der Waals surface area contributed by atoms with Crippen LogP contribution in [0.2, 0.25) is 40.9 Å². The van der Waals surface area contributed by atoms with Crippen molar-refractivity contribution in [2.75, 3.05) is 19.8 Å². The minimum Gasteiger partial charge on any atom is -0.475 e. The van der Waals surface area contributed by atoms with E-state index in [2.05, 4.69) is 365 Å². The molecule has 5 heterocycles. The fourth-order valence-corrected chi connectivity index (χ4v) is 18.5. The van der Waals surface area contributed by atoms with Gasteiger partial charge in [-0.2, -0.15) is 0 Å². The SMILES string of the molecule is C.CB(C)c1c2ccccc2c(B(C)C)c2ccccc12.CB(C)c1c2ccccc2c(B(O)O)c2ccccc12.CC1(C)COC(c2ccc(-c3c4ccccc4c(-c4ccc(C5=NC(C)(C)CO5)cc4)c4ccccc34)cc2)=N1.CC1(C)COC(c2ccc(Br)cc2)=N1.CC1(C)OB(c2c3ccccc3c(B3OC(C)(C)C(C)(C)O3)c3ccccc23)OC1(C)C. The monoisotopic (exact) mass is 1740 g/mol. The van der Waals surface area contributed by atoms with Gasteiger partial charge in [0.15, 0.2) is 20.1 Å². The fraction of sp³-hybridized carbons (Fsp3) is 0.287. The molecule has 0 bridgehead atoms. The van der Waals surface area contributed by atoms with Crippen LogP contribution in [0, 0.1) is 0 Å². The number of aliphatic imine (C=N–C) groups is 3. The zero-order chi connectivity index (χ0) is 89.3. The van der Waals surface area contributed by atoms with E-state index in [4.69, 9.17) is 42.8 Å². The number of nitrogens with zero attached hydrogens (tertiary/aromatic N) is 3. The number of benzene rings is 15. The Kier molecular flexibility index (Phi) is 25.7. The third kappa shape index (κ3) is 18.1. The molecular formula is C108H116B6BrN3O9. The Balaban J connectivity index is 0.000000128. The summed E-state index contributed by atoms with van der Waals surface area (Å²) in [6.45, 7) is 46.1.